The Balaban J connectivity index is 0.000000314. The van der Waals surface area contributed by atoms with E-state index in [-0.39, 0.29) is 12.5 Å². The van der Waals surface area contributed by atoms with E-state index in [1.807, 2.05) is 18.2 Å². The standard InChI is InChI=1S/C16H16O.C9H20O4/c1-12-9-13(2)11-15(10-12)4-3-14-5-7-16(17)8-6-14;1-5(2)7(11)9(13)8(12)6(3)4-10/h3-11,17H,1-2H3;5-13H,4H2,1-3H3/b4-3+;. The summed E-state index contributed by atoms with van der Waals surface area (Å²) in [6.07, 6.45) is 0.911. The first kappa shape index (κ1) is 25.9. The van der Waals surface area contributed by atoms with Gasteiger partial charge in [-0.15, -0.1) is 0 Å². The Hall–Kier alpha value is -2.18. The Morgan fingerprint density at radius 2 is 1.23 bits per heavy atom. The molecule has 5 nitrogen and oxygen atoms in total. The highest BCUT2D eigenvalue weighted by Gasteiger charge is 2.30. The lowest BCUT2D eigenvalue weighted by Gasteiger charge is -2.28. The summed E-state index contributed by atoms with van der Waals surface area (Å²) in [7, 11) is 0. The molecule has 0 amide bonds. The molecule has 0 fully saturated rings. The number of hydrogen-bond donors (Lipinski definition) is 5. The van der Waals surface area contributed by atoms with Crippen LogP contribution < -0.4 is 0 Å². The fourth-order valence-electron chi connectivity index (χ4n) is 2.92. The summed E-state index contributed by atoms with van der Waals surface area (Å²) >= 11 is 0. The third-order valence-electron chi connectivity index (χ3n) is 4.86. The first-order chi connectivity index (χ1) is 14.0. The molecule has 5 heteroatoms. The molecule has 166 valence electrons. The van der Waals surface area contributed by atoms with E-state index in [0.29, 0.717) is 5.75 Å². The molecule has 30 heavy (non-hydrogen) atoms. The number of aromatic hydroxyl groups is 1. The molecule has 0 saturated heterocycles. The average Bonchev–Trinajstić information content (AvgIpc) is 2.70. The fourth-order valence-corrected chi connectivity index (χ4v) is 2.92. The first-order valence-corrected chi connectivity index (χ1v) is 10.3. The van der Waals surface area contributed by atoms with Gasteiger partial charge in [-0.1, -0.05) is 74.4 Å². The van der Waals surface area contributed by atoms with Crippen molar-refractivity contribution in [2.24, 2.45) is 11.8 Å². The minimum atomic E-state index is -1.19. The lowest BCUT2D eigenvalue weighted by Crippen LogP contribution is -2.44. The second kappa shape index (κ2) is 12.5. The van der Waals surface area contributed by atoms with Gasteiger partial charge >= 0.3 is 0 Å². The van der Waals surface area contributed by atoms with Gasteiger partial charge in [0.1, 0.15) is 11.9 Å². The number of rotatable bonds is 7. The lowest BCUT2D eigenvalue weighted by atomic mass is 9.92. The quantitative estimate of drug-likeness (QED) is 0.445. The molecule has 0 heterocycles. The molecular formula is C25H36O5. The maximum atomic E-state index is 9.45. The van der Waals surface area contributed by atoms with Crippen LogP contribution in [0.25, 0.3) is 12.2 Å². The van der Waals surface area contributed by atoms with Gasteiger partial charge in [-0.05, 0) is 43.0 Å². The number of aliphatic hydroxyl groups is 4. The zero-order valence-corrected chi connectivity index (χ0v) is 18.5. The Morgan fingerprint density at radius 1 is 0.733 bits per heavy atom. The van der Waals surface area contributed by atoms with Crippen molar-refractivity contribution < 1.29 is 25.5 Å². The van der Waals surface area contributed by atoms with Crippen molar-refractivity contribution in [3.05, 3.63) is 64.7 Å². The number of phenols is 1. The predicted octanol–water partition coefficient (Wildman–Crippen LogP) is 3.53. The number of aryl methyl sites for hydroxylation is 2. The molecular weight excluding hydrogens is 380 g/mol. The second-order valence-corrected chi connectivity index (χ2v) is 8.22. The molecule has 2 rings (SSSR count). The van der Waals surface area contributed by atoms with Gasteiger partial charge in [-0.3, -0.25) is 0 Å². The molecule has 0 aliphatic heterocycles. The van der Waals surface area contributed by atoms with Gasteiger partial charge in [0.05, 0.1) is 12.2 Å². The summed E-state index contributed by atoms with van der Waals surface area (Å²) in [5.74, 6) is -0.243. The van der Waals surface area contributed by atoms with Crippen molar-refractivity contribution in [2.45, 2.75) is 52.9 Å². The largest absolute Gasteiger partial charge is 0.508 e. The van der Waals surface area contributed by atoms with Crippen LogP contribution >= 0.6 is 0 Å². The van der Waals surface area contributed by atoms with E-state index in [9.17, 15) is 20.4 Å². The zero-order chi connectivity index (χ0) is 22.8. The number of phenolic OH excluding ortho intramolecular Hbond substituents is 1. The number of hydrogen-bond acceptors (Lipinski definition) is 5. The predicted molar refractivity (Wildman–Crippen MR) is 122 cm³/mol. The molecule has 0 aliphatic carbocycles. The average molecular weight is 417 g/mol. The Labute approximate surface area is 180 Å². The minimum absolute atomic E-state index is 0.115. The van der Waals surface area contributed by atoms with Crippen LogP contribution in [0.5, 0.6) is 5.75 Å². The smallest absolute Gasteiger partial charge is 0.115 e. The van der Waals surface area contributed by atoms with Crippen LogP contribution in [0.15, 0.2) is 42.5 Å². The van der Waals surface area contributed by atoms with Gasteiger partial charge in [0.2, 0.25) is 0 Å². The van der Waals surface area contributed by atoms with Crippen LogP contribution in [0.3, 0.4) is 0 Å². The third kappa shape index (κ3) is 8.67. The lowest BCUT2D eigenvalue weighted by molar-refractivity contribution is -0.0979. The van der Waals surface area contributed by atoms with Crippen LogP contribution in [-0.4, -0.2) is 50.5 Å². The van der Waals surface area contributed by atoms with E-state index < -0.39 is 24.2 Å². The van der Waals surface area contributed by atoms with E-state index in [2.05, 4.69) is 38.1 Å². The number of benzene rings is 2. The van der Waals surface area contributed by atoms with Gasteiger partial charge in [0.25, 0.3) is 0 Å². The topological polar surface area (TPSA) is 101 Å². The summed E-state index contributed by atoms with van der Waals surface area (Å²) in [5.41, 5.74) is 4.84. The van der Waals surface area contributed by atoms with Gasteiger partial charge < -0.3 is 25.5 Å². The van der Waals surface area contributed by atoms with Crippen LogP contribution in [-0.2, 0) is 0 Å². The SMILES string of the molecule is CC(C)C(O)C(O)C(O)C(C)CO.Cc1cc(C)cc(/C=C/c2ccc(O)cc2)c1. The highest BCUT2D eigenvalue weighted by atomic mass is 16.4. The highest BCUT2D eigenvalue weighted by molar-refractivity contribution is 5.70. The van der Waals surface area contributed by atoms with Crippen molar-refractivity contribution in [2.75, 3.05) is 6.61 Å². The van der Waals surface area contributed by atoms with E-state index in [0.717, 1.165) is 5.56 Å². The Bertz CT molecular complexity index is 762. The zero-order valence-electron chi connectivity index (χ0n) is 18.5. The van der Waals surface area contributed by atoms with Crippen molar-refractivity contribution in [1.82, 2.24) is 0 Å². The maximum Gasteiger partial charge on any atom is 0.115 e. The molecule has 2 aromatic carbocycles. The molecule has 0 spiro atoms. The molecule has 0 bridgehead atoms. The number of aliphatic hydroxyl groups excluding tert-OH is 4. The van der Waals surface area contributed by atoms with Gasteiger partial charge in [-0.2, -0.15) is 0 Å². The van der Waals surface area contributed by atoms with Crippen LogP contribution in [0.4, 0.5) is 0 Å². The van der Waals surface area contributed by atoms with Gasteiger partial charge in [0.15, 0.2) is 0 Å². The van der Waals surface area contributed by atoms with Crippen molar-refractivity contribution >= 4 is 12.2 Å². The Kier molecular flexibility index (Phi) is 10.8. The summed E-state index contributed by atoms with van der Waals surface area (Å²) in [5, 5.41) is 46.2. The van der Waals surface area contributed by atoms with Crippen molar-refractivity contribution in [1.29, 1.82) is 0 Å². The highest BCUT2D eigenvalue weighted by Crippen LogP contribution is 2.16. The summed E-state index contributed by atoms with van der Waals surface area (Å²) < 4.78 is 0. The van der Waals surface area contributed by atoms with E-state index in [4.69, 9.17) is 5.11 Å². The van der Waals surface area contributed by atoms with Crippen LogP contribution in [0.2, 0.25) is 0 Å². The summed E-state index contributed by atoms with van der Waals surface area (Å²) in [4.78, 5) is 0. The molecule has 2 aromatic rings. The van der Waals surface area contributed by atoms with Crippen molar-refractivity contribution in [3.8, 4) is 5.75 Å². The Morgan fingerprint density at radius 3 is 1.70 bits per heavy atom. The summed E-state index contributed by atoms with van der Waals surface area (Å²) in [6.45, 7) is 9.12. The minimum Gasteiger partial charge on any atom is -0.508 e. The van der Waals surface area contributed by atoms with Crippen LogP contribution in [0.1, 0.15) is 43.0 Å². The summed E-state index contributed by atoms with van der Waals surface area (Å²) in [6, 6.07) is 13.7. The monoisotopic (exact) mass is 416 g/mol. The van der Waals surface area contributed by atoms with E-state index >= 15 is 0 Å². The molecule has 4 atom stereocenters. The van der Waals surface area contributed by atoms with Crippen molar-refractivity contribution in [3.63, 3.8) is 0 Å². The first-order valence-electron chi connectivity index (χ1n) is 10.3. The van der Waals surface area contributed by atoms with Gasteiger partial charge in [-0.25, -0.2) is 0 Å². The molecule has 0 aliphatic rings. The third-order valence-corrected chi connectivity index (χ3v) is 4.86. The van der Waals surface area contributed by atoms with Gasteiger partial charge in [0, 0.05) is 12.5 Å². The molecule has 4 unspecified atom stereocenters. The van der Waals surface area contributed by atoms with E-state index in [1.54, 1.807) is 32.9 Å². The molecule has 5 N–H and O–H groups in total. The fraction of sp³-hybridized carbons (Fsp3) is 0.440. The molecule has 0 saturated carbocycles. The molecule has 0 radical (unpaired) electrons. The van der Waals surface area contributed by atoms with E-state index in [1.165, 1.54) is 16.7 Å². The normalized spacial score (nSPS) is 15.4. The molecule has 0 aromatic heterocycles. The van der Waals surface area contributed by atoms with Crippen LogP contribution in [0, 0.1) is 25.7 Å². The maximum absolute atomic E-state index is 9.45. The second-order valence-electron chi connectivity index (χ2n) is 8.22.